The molecule has 3 nitrogen and oxygen atoms in total. The van der Waals surface area contributed by atoms with Crippen molar-refractivity contribution in [2.24, 2.45) is 4.99 Å². The molecule has 0 unspecified atom stereocenters. The number of hydrogen-bond acceptors (Lipinski definition) is 3. The molecule has 1 heterocycles. The number of allylic oxidation sites excluding steroid dienone is 5. The van der Waals surface area contributed by atoms with Crippen LogP contribution in [0.1, 0.15) is 27.2 Å². The van der Waals surface area contributed by atoms with Crippen LogP contribution in [0.5, 0.6) is 0 Å². The number of hydrogen-bond donors (Lipinski definition) is 1. The molecule has 0 aromatic carbocycles. The first kappa shape index (κ1) is 13.7. The van der Waals surface area contributed by atoms with E-state index in [1.165, 1.54) is 6.40 Å². The molecule has 1 rings (SSSR count). The van der Waals surface area contributed by atoms with Gasteiger partial charge in [0.05, 0.1) is 0 Å². The third-order valence-corrected chi connectivity index (χ3v) is 1.74. The van der Waals surface area contributed by atoms with Crippen molar-refractivity contribution in [1.82, 2.24) is 0 Å². The van der Waals surface area contributed by atoms with Gasteiger partial charge in [0, 0.05) is 11.2 Å². The minimum absolute atomic E-state index is 0.699. The lowest BCUT2D eigenvalue weighted by Gasteiger charge is -2.13. The lowest BCUT2D eigenvalue weighted by molar-refractivity contribution is 0.427. The van der Waals surface area contributed by atoms with E-state index in [1.54, 1.807) is 18.2 Å². The molecule has 0 aromatic heterocycles. The third-order valence-electron chi connectivity index (χ3n) is 1.74. The Balaban J connectivity index is 0.000000921. The molecule has 0 bridgehead atoms. The summed E-state index contributed by atoms with van der Waals surface area (Å²) in [6.45, 7) is 9.53. The quantitative estimate of drug-likeness (QED) is 0.570. The normalized spacial score (nSPS) is 14.8. The Kier molecular flexibility index (Phi) is 7.37. The molecular weight excluding hydrogens is 189 g/mol. The van der Waals surface area contributed by atoms with Crippen LogP contribution < -0.4 is 0 Å². The standard InChI is InChI=1S/C9H12BNO2.C2H6/c1-3-5-6-8-9(4-2)11-7-13-10(8)12;1-2/h3,5-7,12H,1,4H2,2H3;1-2H3/b6-5-;. The molecular formula is C11H18BNO2. The molecule has 4 heteroatoms. The maximum Gasteiger partial charge on any atom is 0.562 e. The van der Waals surface area contributed by atoms with Crippen LogP contribution in [0, 0.1) is 0 Å². The van der Waals surface area contributed by atoms with Gasteiger partial charge in [-0.05, 0) is 6.42 Å². The number of aliphatic imine (C=N–C) groups is 1. The summed E-state index contributed by atoms with van der Waals surface area (Å²) in [5.41, 5.74) is 1.54. The second kappa shape index (κ2) is 8.06. The molecule has 0 atom stereocenters. The van der Waals surface area contributed by atoms with Crippen molar-refractivity contribution in [3.05, 3.63) is 36.0 Å². The van der Waals surface area contributed by atoms with Gasteiger partial charge in [-0.3, -0.25) is 0 Å². The van der Waals surface area contributed by atoms with Crippen molar-refractivity contribution in [3.8, 4) is 0 Å². The first-order valence-electron chi connectivity index (χ1n) is 5.17. The largest absolute Gasteiger partial charge is 0.562 e. The van der Waals surface area contributed by atoms with Crippen LogP contribution in [-0.2, 0) is 4.65 Å². The van der Waals surface area contributed by atoms with Gasteiger partial charge in [0.25, 0.3) is 0 Å². The Labute approximate surface area is 92.0 Å². The average Bonchev–Trinajstić information content (AvgIpc) is 2.30. The van der Waals surface area contributed by atoms with Crippen LogP contribution in [-0.4, -0.2) is 18.5 Å². The van der Waals surface area contributed by atoms with Crippen molar-refractivity contribution >= 4 is 13.5 Å². The summed E-state index contributed by atoms with van der Waals surface area (Å²) in [6, 6.07) is 0. The van der Waals surface area contributed by atoms with Crippen LogP contribution in [0.3, 0.4) is 0 Å². The predicted octanol–water partition coefficient (Wildman–Crippen LogP) is 2.50. The molecule has 82 valence electrons. The summed E-state index contributed by atoms with van der Waals surface area (Å²) in [4.78, 5) is 4.02. The van der Waals surface area contributed by atoms with E-state index in [0.717, 1.165) is 12.1 Å². The molecule has 0 amide bonds. The van der Waals surface area contributed by atoms with Crippen LogP contribution in [0.2, 0.25) is 0 Å². The summed E-state index contributed by atoms with van der Waals surface area (Å²) in [7, 11) is -0.899. The van der Waals surface area contributed by atoms with E-state index in [4.69, 9.17) is 4.65 Å². The van der Waals surface area contributed by atoms with Gasteiger partial charge in [0.1, 0.15) is 0 Å². The Morgan fingerprint density at radius 2 is 2.27 bits per heavy atom. The van der Waals surface area contributed by atoms with E-state index in [-0.39, 0.29) is 0 Å². The predicted molar refractivity (Wildman–Crippen MR) is 65.6 cm³/mol. The molecule has 0 fully saturated rings. The van der Waals surface area contributed by atoms with Crippen molar-refractivity contribution in [1.29, 1.82) is 0 Å². The lowest BCUT2D eigenvalue weighted by Crippen LogP contribution is -2.24. The first-order valence-corrected chi connectivity index (χ1v) is 5.17. The van der Waals surface area contributed by atoms with Crippen LogP contribution in [0.4, 0.5) is 0 Å². The minimum atomic E-state index is -0.899. The monoisotopic (exact) mass is 207 g/mol. The van der Waals surface area contributed by atoms with E-state index in [1.807, 2.05) is 20.8 Å². The van der Waals surface area contributed by atoms with Gasteiger partial charge < -0.3 is 9.68 Å². The number of rotatable bonds is 3. The average molecular weight is 207 g/mol. The highest BCUT2D eigenvalue weighted by atomic mass is 16.5. The summed E-state index contributed by atoms with van der Waals surface area (Å²) >= 11 is 0. The molecule has 0 saturated carbocycles. The zero-order valence-electron chi connectivity index (χ0n) is 9.60. The van der Waals surface area contributed by atoms with E-state index >= 15 is 0 Å². The molecule has 0 spiro atoms. The zero-order valence-corrected chi connectivity index (χ0v) is 9.60. The molecule has 0 aliphatic carbocycles. The van der Waals surface area contributed by atoms with Crippen molar-refractivity contribution in [2.75, 3.05) is 0 Å². The van der Waals surface area contributed by atoms with E-state index in [2.05, 4.69) is 11.6 Å². The van der Waals surface area contributed by atoms with Crippen LogP contribution in [0.25, 0.3) is 0 Å². The molecule has 1 N–H and O–H groups in total. The van der Waals surface area contributed by atoms with E-state index in [9.17, 15) is 5.02 Å². The number of nitrogens with zero attached hydrogens (tertiary/aromatic N) is 1. The molecule has 0 aromatic rings. The Morgan fingerprint density at radius 3 is 2.80 bits per heavy atom. The van der Waals surface area contributed by atoms with E-state index in [0.29, 0.717) is 5.47 Å². The molecule has 0 saturated heterocycles. The minimum Gasteiger partial charge on any atom is -0.524 e. The third kappa shape index (κ3) is 4.17. The topological polar surface area (TPSA) is 41.8 Å². The van der Waals surface area contributed by atoms with Crippen LogP contribution >= 0.6 is 0 Å². The fraction of sp³-hybridized carbons (Fsp3) is 0.364. The Hall–Kier alpha value is -1.29. The maximum atomic E-state index is 9.44. The summed E-state index contributed by atoms with van der Waals surface area (Å²) < 4.78 is 4.84. The highest BCUT2D eigenvalue weighted by Gasteiger charge is 2.24. The summed E-state index contributed by atoms with van der Waals surface area (Å²) in [5, 5.41) is 9.44. The van der Waals surface area contributed by atoms with Crippen LogP contribution in [0.15, 0.2) is 41.0 Å². The highest BCUT2D eigenvalue weighted by Crippen LogP contribution is 2.17. The van der Waals surface area contributed by atoms with Gasteiger partial charge in [-0.2, -0.15) is 0 Å². The lowest BCUT2D eigenvalue weighted by atomic mass is 9.76. The van der Waals surface area contributed by atoms with Crippen molar-refractivity contribution in [3.63, 3.8) is 0 Å². The maximum absolute atomic E-state index is 9.44. The fourth-order valence-electron chi connectivity index (χ4n) is 1.09. The van der Waals surface area contributed by atoms with Gasteiger partial charge in [-0.15, -0.1) is 0 Å². The van der Waals surface area contributed by atoms with Gasteiger partial charge in [0.15, 0.2) is 6.40 Å². The molecule has 15 heavy (non-hydrogen) atoms. The van der Waals surface area contributed by atoms with Gasteiger partial charge >= 0.3 is 7.12 Å². The molecule has 1 aliphatic heterocycles. The fourth-order valence-corrected chi connectivity index (χ4v) is 1.09. The highest BCUT2D eigenvalue weighted by molar-refractivity contribution is 6.55. The zero-order chi connectivity index (χ0) is 11.7. The van der Waals surface area contributed by atoms with Crippen molar-refractivity contribution in [2.45, 2.75) is 27.2 Å². The second-order valence-electron chi connectivity index (χ2n) is 2.57. The molecule has 1 aliphatic rings. The Morgan fingerprint density at radius 1 is 1.60 bits per heavy atom. The summed E-state index contributed by atoms with van der Waals surface area (Å²) in [5.74, 6) is 0. The summed E-state index contributed by atoms with van der Waals surface area (Å²) in [6.07, 6.45) is 7.19. The van der Waals surface area contributed by atoms with Gasteiger partial charge in [-0.1, -0.05) is 45.6 Å². The van der Waals surface area contributed by atoms with Crippen molar-refractivity contribution < 1.29 is 9.68 Å². The second-order valence-corrected chi connectivity index (χ2v) is 2.57. The first-order chi connectivity index (χ1) is 7.29. The smallest absolute Gasteiger partial charge is 0.524 e. The molecule has 0 radical (unpaired) electrons. The van der Waals surface area contributed by atoms with Gasteiger partial charge in [0.2, 0.25) is 0 Å². The van der Waals surface area contributed by atoms with Gasteiger partial charge in [-0.25, -0.2) is 4.99 Å². The van der Waals surface area contributed by atoms with E-state index < -0.39 is 7.12 Å². The SMILES string of the molecule is C=C/C=C\C1=C(CC)N=COB1O.CC. The Bertz CT molecular complexity index is 282.